The summed E-state index contributed by atoms with van der Waals surface area (Å²) in [7, 11) is 9.75. The van der Waals surface area contributed by atoms with Crippen LogP contribution in [0.4, 0.5) is 13.2 Å². The van der Waals surface area contributed by atoms with Gasteiger partial charge in [0.2, 0.25) is 70.9 Å². The Balaban J connectivity index is 2.01. The summed E-state index contributed by atoms with van der Waals surface area (Å²) in [6.07, 6.45) is -7.95. The summed E-state index contributed by atoms with van der Waals surface area (Å²) in [5, 5.41) is 21.5. The summed E-state index contributed by atoms with van der Waals surface area (Å²) in [4.78, 5) is 191. The van der Waals surface area contributed by atoms with E-state index in [4.69, 9.17) is 4.74 Å². The Morgan fingerprint density at radius 3 is 1.46 bits per heavy atom. The summed E-state index contributed by atoms with van der Waals surface area (Å²) in [5.74, 6) is -9.93. The SMILES string of the molecule is CC[C@H](C)[C@@H]1NC(=O)[C@H](CC(C)C)N(C)C(=O)[C@H](COC(C)(C)C)NC(=O)[C@H](Cc2ccccc2)N(C)C(=O)[C@H](Cc2ccccc2)N(C)C(=O)[C@H](CCCC(O)C(F)(F)F)NC(=O)[C@H](CC)N(C)C(=O)CCCN(C)C(=O)C[C@@H](C(=O)N2CCCCC2)NC(=O)[C@H](CC(C)C)N(C)C(=O)[C@H](CC(C)C)N(C)C1=O. The summed E-state index contributed by atoms with van der Waals surface area (Å²) >= 11 is 0. The lowest BCUT2D eigenvalue weighted by Crippen LogP contribution is -2.62. The smallest absolute Gasteiger partial charge is 0.384 e. The van der Waals surface area contributed by atoms with Gasteiger partial charge in [0.1, 0.15) is 66.5 Å². The molecule has 12 atom stereocenters. The highest BCUT2D eigenvalue weighted by Gasteiger charge is 2.45. The molecule has 4 rings (SSSR count). The third-order valence-electron chi connectivity index (χ3n) is 20.7. The third-order valence-corrected chi connectivity index (χ3v) is 20.7. The minimum absolute atomic E-state index is 0.0338. The van der Waals surface area contributed by atoms with E-state index in [0.29, 0.717) is 43.5 Å². The number of amides is 12. The lowest BCUT2D eigenvalue weighted by atomic mass is 9.94. The van der Waals surface area contributed by atoms with Crippen molar-refractivity contribution < 1.29 is 80.5 Å². The van der Waals surface area contributed by atoms with Gasteiger partial charge in [0.05, 0.1) is 18.6 Å². The largest absolute Gasteiger partial charge is 0.414 e. The van der Waals surface area contributed by atoms with E-state index >= 15 is 38.4 Å². The molecule has 2 fully saturated rings. The number of carbonyl (C=O) groups excluding carboxylic acids is 12. The van der Waals surface area contributed by atoms with Crippen molar-refractivity contribution >= 4 is 70.9 Å². The number of benzene rings is 2. The third kappa shape index (κ3) is 28.3. The second kappa shape index (κ2) is 43.4. The highest BCUT2D eigenvalue weighted by Crippen LogP contribution is 2.27. The van der Waals surface area contributed by atoms with Gasteiger partial charge in [-0.25, -0.2) is 0 Å². The van der Waals surface area contributed by atoms with Crippen LogP contribution < -0.4 is 21.3 Å². The molecule has 2 aliphatic rings. The second-order valence-electron chi connectivity index (χ2n) is 32.0. The molecule has 0 aromatic heterocycles. The number of nitrogens with zero attached hydrogens (tertiary/aromatic N) is 8. The van der Waals surface area contributed by atoms with Crippen molar-refractivity contribution in [3.8, 4) is 0 Å². The molecule has 0 bridgehead atoms. The summed E-state index contributed by atoms with van der Waals surface area (Å²) in [6, 6.07) is 3.18. The van der Waals surface area contributed by atoms with Crippen LogP contribution in [-0.4, -0.2) is 269 Å². The molecule has 0 radical (unpaired) electrons. The average molecular weight is 1540 g/mol. The van der Waals surface area contributed by atoms with Crippen molar-refractivity contribution in [3.63, 3.8) is 0 Å². The van der Waals surface area contributed by atoms with Crippen molar-refractivity contribution in [1.29, 1.82) is 0 Å². The van der Waals surface area contributed by atoms with Crippen LogP contribution in [0.25, 0.3) is 0 Å². The van der Waals surface area contributed by atoms with E-state index in [1.807, 2.05) is 48.5 Å². The first-order valence-corrected chi connectivity index (χ1v) is 38.8. The normalized spacial score (nSPS) is 24.8. The summed E-state index contributed by atoms with van der Waals surface area (Å²) in [5.41, 5.74) is 0.173. The molecule has 12 amide bonds. The number of likely N-dealkylation sites (N-methyl/N-ethyl adjacent to an activating group) is 6. The number of aliphatic hydroxyl groups is 1. The van der Waals surface area contributed by atoms with Crippen molar-refractivity contribution in [3.05, 3.63) is 71.8 Å². The van der Waals surface area contributed by atoms with Crippen LogP contribution in [0.5, 0.6) is 0 Å². The van der Waals surface area contributed by atoms with E-state index in [9.17, 15) is 37.5 Å². The van der Waals surface area contributed by atoms with Crippen molar-refractivity contribution in [2.45, 2.75) is 264 Å². The Morgan fingerprint density at radius 1 is 0.514 bits per heavy atom. The number of likely N-dealkylation sites (tertiary alicyclic amines) is 1. The van der Waals surface area contributed by atoms with Crippen LogP contribution >= 0.6 is 0 Å². The molecule has 2 aromatic rings. The molecule has 2 saturated heterocycles. The second-order valence-corrected chi connectivity index (χ2v) is 32.0. The predicted octanol–water partition coefficient (Wildman–Crippen LogP) is 6.53. The zero-order chi connectivity index (χ0) is 82.1. The minimum Gasteiger partial charge on any atom is -0.384 e. The van der Waals surface area contributed by atoms with Gasteiger partial charge in [-0.1, -0.05) is 129 Å². The lowest BCUT2D eigenvalue weighted by molar-refractivity contribution is -0.205. The van der Waals surface area contributed by atoms with Gasteiger partial charge in [-0.3, -0.25) is 57.5 Å². The molecule has 0 spiro atoms. The number of halogens is 3. The van der Waals surface area contributed by atoms with Gasteiger partial charge in [-0.2, -0.15) is 13.2 Å². The van der Waals surface area contributed by atoms with Crippen molar-refractivity contribution in [1.82, 2.24) is 60.5 Å². The Bertz CT molecular complexity index is 3340. The fourth-order valence-corrected chi connectivity index (χ4v) is 13.7. The van der Waals surface area contributed by atoms with Crippen LogP contribution in [0.15, 0.2) is 60.7 Å². The molecule has 612 valence electrons. The first-order valence-electron chi connectivity index (χ1n) is 38.8. The molecule has 0 saturated carbocycles. The van der Waals surface area contributed by atoms with Crippen LogP contribution in [0, 0.1) is 23.7 Å². The number of ether oxygens (including phenoxy) is 1. The predicted molar refractivity (Wildman–Crippen MR) is 409 cm³/mol. The fourth-order valence-electron chi connectivity index (χ4n) is 13.7. The van der Waals surface area contributed by atoms with Crippen LogP contribution in [0.3, 0.4) is 0 Å². The maximum Gasteiger partial charge on any atom is 0.414 e. The van der Waals surface area contributed by atoms with Crippen molar-refractivity contribution in [2.24, 2.45) is 23.7 Å². The lowest BCUT2D eigenvalue weighted by Gasteiger charge is -2.39. The minimum atomic E-state index is -5.03. The number of piperidine rings is 1. The number of nitrogens with one attached hydrogen (secondary N) is 4. The number of alkyl halides is 3. The molecule has 1 unspecified atom stereocenters. The molecule has 109 heavy (non-hydrogen) atoms. The monoisotopic (exact) mass is 1540 g/mol. The number of rotatable bonds is 20. The summed E-state index contributed by atoms with van der Waals surface area (Å²) < 4.78 is 47.8. The molecule has 2 heterocycles. The number of aliphatic hydroxyl groups excluding tert-OH is 1. The Morgan fingerprint density at radius 2 is 0.954 bits per heavy atom. The van der Waals surface area contributed by atoms with Gasteiger partial charge in [-0.05, 0) is 126 Å². The fraction of sp³-hybridized carbons (Fsp3) is 0.700. The van der Waals surface area contributed by atoms with E-state index in [1.165, 1.54) is 68.9 Å². The van der Waals surface area contributed by atoms with E-state index < -0.39 is 187 Å². The van der Waals surface area contributed by atoms with Crippen LogP contribution in [0.1, 0.15) is 184 Å². The number of carbonyl (C=O) groups is 12. The topological polar surface area (TPSA) is 308 Å². The first kappa shape index (κ1) is 93.2. The molecular formula is C80H127F3N12O14. The van der Waals surface area contributed by atoms with E-state index in [-0.39, 0.29) is 75.7 Å². The zero-order valence-electron chi connectivity index (χ0n) is 68.0. The van der Waals surface area contributed by atoms with Gasteiger partial charge >= 0.3 is 6.18 Å². The van der Waals surface area contributed by atoms with E-state index in [2.05, 4.69) is 21.3 Å². The standard InChI is InChI=1S/C80H127F3N12O14/c1-20-53(9)68-78(108)94(19)63(45-52(7)8)76(106)91(16)60(43-50(3)4)70(100)85-57(75(105)95-41-29-24-30-42-95)48-67(98)88(13)40-32-39-66(97)89(14)59(21-2)69(99)84-56(37-31-38-65(96)80(81,82)83)73(103)93(18)64(47-55-35-27-23-28-36-55)77(107)92(17)62(46-54-33-25-22-26-34-54)71(101)86-58(49-109-79(10,11)12)74(104)90(15)61(44-51(5)6)72(102)87-68/h22-23,25-28,33-36,50-53,56-65,68,96H,20-21,24,29-32,37-49H2,1-19H3,(H,84,99)(H,85,100)(H,86,101)(H,87,102)/t53-,56-,57-,58-,59-,60-,61-,62-,63-,64-,65?,68-/m0/s1. The molecule has 26 nitrogen and oxygen atoms in total. The Kier molecular flexibility index (Phi) is 37.1. The van der Waals surface area contributed by atoms with Gasteiger partial charge in [0.15, 0.2) is 0 Å². The van der Waals surface area contributed by atoms with Gasteiger partial charge in [0, 0.05) is 88.2 Å². The highest BCUT2D eigenvalue weighted by molar-refractivity contribution is 6.00. The molecule has 2 aromatic carbocycles. The summed E-state index contributed by atoms with van der Waals surface area (Å²) in [6.45, 7) is 21.8. The van der Waals surface area contributed by atoms with E-state index in [1.54, 1.807) is 100 Å². The van der Waals surface area contributed by atoms with Crippen molar-refractivity contribution in [2.75, 3.05) is 75.6 Å². The van der Waals surface area contributed by atoms with Gasteiger partial charge < -0.3 is 70.3 Å². The average Bonchev–Trinajstić information content (AvgIpc) is 0.810. The maximum atomic E-state index is 15.7. The Labute approximate surface area is 644 Å². The molecule has 2 aliphatic heterocycles. The first-order chi connectivity index (χ1) is 51.0. The van der Waals surface area contributed by atoms with Crippen LogP contribution in [-0.2, 0) is 75.1 Å². The zero-order valence-corrected chi connectivity index (χ0v) is 68.0. The Hall–Kier alpha value is -8.21. The van der Waals surface area contributed by atoms with Crippen LogP contribution in [0.2, 0.25) is 0 Å². The molecule has 0 aliphatic carbocycles. The quantitative estimate of drug-likeness (QED) is 0.0942. The number of hydrogen-bond donors (Lipinski definition) is 5. The molecule has 5 N–H and O–H groups in total. The van der Waals surface area contributed by atoms with Gasteiger partial charge in [-0.15, -0.1) is 0 Å². The molecule has 29 heteroatoms. The van der Waals surface area contributed by atoms with Gasteiger partial charge in [0.25, 0.3) is 0 Å². The maximum absolute atomic E-state index is 15.7. The highest BCUT2D eigenvalue weighted by atomic mass is 19.4. The van der Waals surface area contributed by atoms with E-state index in [0.717, 1.165) is 21.1 Å². The molecular weight excluding hydrogens is 1410 g/mol. The number of hydrogen-bond acceptors (Lipinski definition) is 14.